The Balaban J connectivity index is 1.46. The van der Waals surface area contributed by atoms with Gasteiger partial charge in [0, 0.05) is 29.9 Å². The number of benzene rings is 1. The van der Waals surface area contributed by atoms with Crippen molar-refractivity contribution < 1.29 is 4.79 Å². The first kappa shape index (κ1) is 14.1. The van der Waals surface area contributed by atoms with Crippen LogP contribution >= 0.6 is 11.6 Å². The van der Waals surface area contributed by atoms with Crippen LogP contribution in [0, 0.1) is 5.92 Å². The Morgan fingerprint density at radius 1 is 1.33 bits per heavy atom. The van der Waals surface area contributed by atoms with Crippen molar-refractivity contribution in [3.8, 4) is 0 Å². The van der Waals surface area contributed by atoms with Gasteiger partial charge in [0.05, 0.1) is 0 Å². The Kier molecular flexibility index (Phi) is 4.20. The van der Waals surface area contributed by atoms with Crippen LogP contribution in [-0.2, 0) is 11.2 Å². The van der Waals surface area contributed by atoms with E-state index in [4.69, 9.17) is 11.6 Å². The zero-order valence-corrected chi connectivity index (χ0v) is 12.4. The molecule has 0 radical (unpaired) electrons. The molecule has 0 spiro atoms. The molecule has 1 saturated carbocycles. The van der Waals surface area contributed by atoms with E-state index in [-0.39, 0.29) is 11.8 Å². The van der Waals surface area contributed by atoms with E-state index in [2.05, 4.69) is 10.3 Å². The molecule has 1 aliphatic carbocycles. The number of hydrogen-bond acceptors (Lipinski definition) is 2. The maximum absolute atomic E-state index is 12.1. The Bertz CT molecular complexity index is 630. The average molecular weight is 301 g/mol. The van der Waals surface area contributed by atoms with Crippen LogP contribution < -0.4 is 5.32 Å². The molecule has 21 heavy (non-hydrogen) atoms. The molecule has 0 saturated heterocycles. The van der Waals surface area contributed by atoms with Crippen molar-refractivity contribution >= 4 is 17.5 Å². The van der Waals surface area contributed by atoms with Crippen molar-refractivity contribution in [1.82, 2.24) is 10.3 Å². The predicted molar refractivity (Wildman–Crippen MR) is 83.3 cm³/mol. The van der Waals surface area contributed by atoms with Crippen LogP contribution in [-0.4, -0.2) is 17.4 Å². The van der Waals surface area contributed by atoms with E-state index in [0.717, 1.165) is 29.0 Å². The number of pyridine rings is 1. The standard InChI is InChI=1S/C17H17ClN2O/c18-14-5-1-3-12(9-14)6-8-20-17(21)16-10-15(16)13-4-2-7-19-11-13/h1-5,7,9,11,15-16H,6,8,10H2,(H,20,21)/t15-,16+/m0/s1. The second kappa shape index (κ2) is 6.27. The summed E-state index contributed by atoms with van der Waals surface area (Å²) in [4.78, 5) is 16.2. The third-order valence-corrected chi connectivity index (χ3v) is 4.08. The lowest BCUT2D eigenvalue weighted by Crippen LogP contribution is -2.27. The normalized spacial score (nSPS) is 20.0. The second-order valence-corrected chi connectivity index (χ2v) is 5.84. The van der Waals surface area contributed by atoms with Gasteiger partial charge in [-0.1, -0.05) is 29.8 Å². The molecule has 1 fully saturated rings. The molecule has 3 rings (SSSR count). The molecular formula is C17H17ClN2O. The topological polar surface area (TPSA) is 42.0 Å². The maximum Gasteiger partial charge on any atom is 0.223 e. The summed E-state index contributed by atoms with van der Waals surface area (Å²) >= 11 is 5.94. The summed E-state index contributed by atoms with van der Waals surface area (Å²) in [6.45, 7) is 0.648. The van der Waals surface area contributed by atoms with Gasteiger partial charge >= 0.3 is 0 Å². The summed E-state index contributed by atoms with van der Waals surface area (Å²) in [5.41, 5.74) is 2.30. The summed E-state index contributed by atoms with van der Waals surface area (Å²) < 4.78 is 0. The minimum atomic E-state index is 0.105. The minimum absolute atomic E-state index is 0.105. The van der Waals surface area contributed by atoms with Gasteiger partial charge in [0.15, 0.2) is 0 Å². The number of nitrogens with zero attached hydrogens (tertiary/aromatic N) is 1. The fraction of sp³-hybridized carbons (Fsp3) is 0.294. The van der Waals surface area contributed by atoms with E-state index in [1.165, 1.54) is 0 Å². The highest BCUT2D eigenvalue weighted by molar-refractivity contribution is 6.30. The summed E-state index contributed by atoms with van der Waals surface area (Å²) in [7, 11) is 0. The fourth-order valence-corrected chi connectivity index (χ4v) is 2.81. The van der Waals surface area contributed by atoms with Gasteiger partial charge in [-0.2, -0.15) is 0 Å². The van der Waals surface area contributed by atoms with Gasteiger partial charge in [-0.3, -0.25) is 9.78 Å². The zero-order valence-electron chi connectivity index (χ0n) is 11.6. The van der Waals surface area contributed by atoms with Crippen molar-refractivity contribution in [2.75, 3.05) is 6.54 Å². The van der Waals surface area contributed by atoms with E-state index >= 15 is 0 Å². The first-order valence-electron chi connectivity index (χ1n) is 7.16. The van der Waals surface area contributed by atoms with Crippen molar-refractivity contribution in [2.45, 2.75) is 18.8 Å². The third kappa shape index (κ3) is 3.61. The molecule has 2 aromatic rings. The van der Waals surface area contributed by atoms with Crippen molar-refractivity contribution in [3.05, 3.63) is 64.9 Å². The molecule has 1 aromatic heterocycles. The highest BCUT2D eigenvalue weighted by Gasteiger charge is 2.43. The molecule has 1 heterocycles. The first-order valence-corrected chi connectivity index (χ1v) is 7.54. The van der Waals surface area contributed by atoms with E-state index < -0.39 is 0 Å². The molecule has 108 valence electrons. The summed E-state index contributed by atoms with van der Waals surface area (Å²) in [6.07, 6.45) is 5.33. The summed E-state index contributed by atoms with van der Waals surface area (Å²) in [6, 6.07) is 11.7. The van der Waals surface area contributed by atoms with Crippen LogP contribution in [0.1, 0.15) is 23.5 Å². The molecule has 1 aromatic carbocycles. The van der Waals surface area contributed by atoms with Gasteiger partial charge in [0.25, 0.3) is 0 Å². The smallest absolute Gasteiger partial charge is 0.223 e. The summed E-state index contributed by atoms with van der Waals surface area (Å²) in [5, 5.41) is 3.74. The Morgan fingerprint density at radius 3 is 3.00 bits per heavy atom. The Labute approximate surface area is 129 Å². The highest BCUT2D eigenvalue weighted by Crippen LogP contribution is 2.47. The van der Waals surface area contributed by atoms with E-state index in [1.807, 2.05) is 42.6 Å². The molecule has 0 bridgehead atoms. The van der Waals surface area contributed by atoms with Crippen LogP contribution in [0.5, 0.6) is 0 Å². The number of hydrogen-bond donors (Lipinski definition) is 1. The van der Waals surface area contributed by atoms with Crippen LogP contribution in [0.3, 0.4) is 0 Å². The van der Waals surface area contributed by atoms with Crippen LogP contribution in [0.2, 0.25) is 5.02 Å². The lowest BCUT2D eigenvalue weighted by molar-refractivity contribution is -0.122. The predicted octanol–water partition coefficient (Wildman–Crippen LogP) is 3.20. The Hall–Kier alpha value is -1.87. The van der Waals surface area contributed by atoms with Gasteiger partial charge in [-0.05, 0) is 48.1 Å². The van der Waals surface area contributed by atoms with Crippen molar-refractivity contribution in [3.63, 3.8) is 0 Å². The van der Waals surface area contributed by atoms with Crippen LogP contribution in [0.15, 0.2) is 48.8 Å². The zero-order chi connectivity index (χ0) is 14.7. The molecule has 0 unspecified atom stereocenters. The Morgan fingerprint density at radius 2 is 2.24 bits per heavy atom. The third-order valence-electron chi connectivity index (χ3n) is 3.84. The van der Waals surface area contributed by atoms with Gasteiger partial charge in [0.1, 0.15) is 0 Å². The lowest BCUT2D eigenvalue weighted by Gasteiger charge is -2.05. The number of aromatic nitrogens is 1. The van der Waals surface area contributed by atoms with E-state index in [0.29, 0.717) is 12.5 Å². The van der Waals surface area contributed by atoms with Crippen molar-refractivity contribution in [1.29, 1.82) is 0 Å². The van der Waals surface area contributed by atoms with Gasteiger partial charge in [0.2, 0.25) is 5.91 Å². The van der Waals surface area contributed by atoms with Crippen LogP contribution in [0.4, 0.5) is 0 Å². The quantitative estimate of drug-likeness (QED) is 0.921. The number of nitrogens with one attached hydrogen (secondary N) is 1. The number of amides is 1. The highest BCUT2D eigenvalue weighted by atomic mass is 35.5. The molecular weight excluding hydrogens is 284 g/mol. The molecule has 4 heteroatoms. The lowest BCUT2D eigenvalue weighted by atomic mass is 10.1. The molecule has 2 atom stereocenters. The van der Waals surface area contributed by atoms with Crippen molar-refractivity contribution in [2.24, 2.45) is 5.92 Å². The first-order chi connectivity index (χ1) is 10.2. The van der Waals surface area contributed by atoms with E-state index in [9.17, 15) is 4.79 Å². The summed E-state index contributed by atoms with van der Waals surface area (Å²) in [5.74, 6) is 0.587. The fourth-order valence-electron chi connectivity index (χ4n) is 2.60. The van der Waals surface area contributed by atoms with Gasteiger partial charge in [-0.15, -0.1) is 0 Å². The number of carbonyl (C=O) groups excluding carboxylic acids is 1. The van der Waals surface area contributed by atoms with E-state index in [1.54, 1.807) is 6.20 Å². The molecule has 3 nitrogen and oxygen atoms in total. The van der Waals surface area contributed by atoms with Crippen LogP contribution in [0.25, 0.3) is 0 Å². The second-order valence-electron chi connectivity index (χ2n) is 5.41. The maximum atomic E-state index is 12.1. The largest absolute Gasteiger partial charge is 0.356 e. The number of halogens is 1. The molecule has 0 aliphatic heterocycles. The number of carbonyl (C=O) groups is 1. The van der Waals surface area contributed by atoms with Gasteiger partial charge in [-0.25, -0.2) is 0 Å². The molecule has 1 amide bonds. The van der Waals surface area contributed by atoms with Gasteiger partial charge < -0.3 is 5.32 Å². The monoisotopic (exact) mass is 300 g/mol. The minimum Gasteiger partial charge on any atom is -0.356 e. The molecule has 1 aliphatic rings. The molecule has 1 N–H and O–H groups in total. The average Bonchev–Trinajstić information content (AvgIpc) is 3.29. The SMILES string of the molecule is O=C(NCCc1cccc(Cl)c1)[C@@H]1C[C@H]1c1cccnc1. The number of rotatable bonds is 5.